The fourth-order valence-corrected chi connectivity index (χ4v) is 2.08. The number of rotatable bonds is 4. The summed E-state index contributed by atoms with van der Waals surface area (Å²) in [6, 6.07) is 13.1. The van der Waals surface area contributed by atoms with Crippen molar-refractivity contribution in [3.05, 3.63) is 48.0 Å². The maximum atomic E-state index is 12.0. The van der Waals surface area contributed by atoms with Gasteiger partial charge < -0.3 is 5.11 Å². The summed E-state index contributed by atoms with van der Waals surface area (Å²) in [5.41, 5.74) is 0.667. The van der Waals surface area contributed by atoms with Crippen molar-refractivity contribution < 1.29 is 18.3 Å². The standard InChI is InChI=1S/C15H15F3O/c16-15(17,18)9-3-6-14(19)13-8-7-11-4-1-2-5-12(11)10-13/h1-2,4-5,7-8,10,14,19H,3,6,9H2. The first-order valence-corrected chi connectivity index (χ1v) is 6.19. The normalized spacial score (nSPS) is 13.7. The van der Waals surface area contributed by atoms with Crippen LogP contribution in [0.15, 0.2) is 42.5 Å². The number of benzene rings is 2. The lowest BCUT2D eigenvalue weighted by Gasteiger charge is -2.12. The second-order valence-electron chi connectivity index (χ2n) is 4.63. The van der Waals surface area contributed by atoms with Crippen LogP contribution in [0.2, 0.25) is 0 Å². The van der Waals surface area contributed by atoms with Crippen molar-refractivity contribution in [3.63, 3.8) is 0 Å². The van der Waals surface area contributed by atoms with E-state index in [-0.39, 0.29) is 12.8 Å². The van der Waals surface area contributed by atoms with Gasteiger partial charge in [-0.05, 0) is 35.2 Å². The summed E-state index contributed by atoms with van der Waals surface area (Å²) in [7, 11) is 0. The van der Waals surface area contributed by atoms with Gasteiger partial charge in [0.15, 0.2) is 0 Å². The molecule has 102 valence electrons. The molecule has 0 amide bonds. The maximum absolute atomic E-state index is 12.0. The van der Waals surface area contributed by atoms with Gasteiger partial charge in [0.1, 0.15) is 0 Å². The molecule has 2 aromatic rings. The van der Waals surface area contributed by atoms with Crippen molar-refractivity contribution in [2.75, 3.05) is 0 Å². The zero-order valence-corrected chi connectivity index (χ0v) is 10.3. The minimum absolute atomic E-state index is 0.0580. The highest BCUT2D eigenvalue weighted by Gasteiger charge is 2.26. The van der Waals surface area contributed by atoms with Crippen LogP contribution in [0.3, 0.4) is 0 Å². The Hall–Kier alpha value is -1.55. The van der Waals surface area contributed by atoms with Crippen LogP contribution in [-0.2, 0) is 0 Å². The zero-order valence-electron chi connectivity index (χ0n) is 10.3. The molecule has 1 N–H and O–H groups in total. The van der Waals surface area contributed by atoms with Crippen LogP contribution < -0.4 is 0 Å². The second kappa shape index (κ2) is 5.61. The Morgan fingerprint density at radius 3 is 2.37 bits per heavy atom. The highest BCUT2D eigenvalue weighted by atomic mass is 19.4. The summed E-state index contributed by atoms with van der Waals surface area (Å²) in [5.74, 6) is 0. The van der Waals surface area contributed by atoms with Gasteiger partial charge in [-0.3, -0.25) is 0 Å². The summed E-state index contributed by atoms with van der Waals surface area (Å²) in [4.78, 5) is 0. The third-order valence-corrected chi connectivity index (χ3v) is 3.10. The molecule has 0 heterocycles. The number of hydrogen-bond acceptors (Lipinski definition) is 1. The third kappa shape index (κ3) is 3.96. The SMILES string of the molecule is OC(CCCC(F)(F)F)c1ccc2ccccc2c1. The summed E-state index contributed by atoms with van der Waals surface area (Å²) in [6.07, 6.45) is -5.78. The van der Waals surface area contributed by atoms with Crippen LogP contribution in [-0.4, -0.2) is 11.3 Å². The van der Waals surface area contributed by atoms with Gasteiger partial charge in [0.2, 0.25) is 0 Å². The van der Waals surface area contributed by atoms with Gasteiger partial charge in [-0.1, -0.05) is 36.4 Å². The van der Waals surface area contributed by atoms with E-state index in [2.05, 4.69) is 0 Å². The van der Waals surface area contributed by atoms with Crippen LogP contribution in [0.4, 0.5) is 13.2 Å². The molecule has 1 nitrogen and oxygen atoms in total. The van der Waals surface area contributed by atoms with Gasteiger partial charge in [0.25, 0.3) is 0 Å². The van der Waals surface area contributed by atoms with Crippen molar-refractivity contribution in [2.45, 2.75) is 31.5 Å². The van der Waals surface area contributed by atoms with Crippen molar-refractivity contribution in [3.8, 4) is 0 Å². The number of halogens is 3. The van der Waals surface area contributed by atoms with Crippen LogP contribution in [0.5, 0.6) is 0 Å². The first-order valence-electron chi connectivity index (χ1n) is 6.19. The minimum Gasteiger partial charge on any atom is -0.388 e. The number of aliphatic hydroxyl groups is 1. The number of fused-ring (bicyclic) bond motifs is 1. The molecular formula is C15H15F3O. The van der Waals surface area contributed by atoms with E-state index in [4.69, 9.17) is 0 Å². The van der Waals surface area contributed by atoms with Crippen molar-refractivity contribution >= 4 is 10.8 Å². The Labute approximate surface area is 109 Å². The molecule has 0 aromatic heterocycles. The highest BCUT2D eigenvalue weighted by Crippen LogP contribution is 2.27. The van der Waals surface area contributed by atoms with E-state index < -0.39 is 18.7 Å². The fourth-order valence-electron chi connectivity index (χ4n) is 2.08. The highest BCUT2D eigenvalue weighted by molar-refractivity contribution is 5.83. The smallest absolute Gasteiger partial charge is 0.388 e. The molecule has 0 bridgehead atoms. The van der Waals surface area contributed by atoms with E-state index in [9.17, 15) is 18.3 Å². The molecule has 2 rings (SSSR count). The first-order chi connectivity index (χ1) is 8.96. The Balaban J connectivity index is 2.03. The average Bonchev–Trinajstić information content (AvgIpc) is 2.36. The predicted molar refractivity (Wildman–Crippen MR) is 68.8 cm³/mol. The molecule has 0 saturated carbocycles. The summed E-state index contributed by atoms with van der Waals surface area (Å²) < 4.78 is 36.1. The van der Waals surface area contributed by atoms with E-state index in [1.165, 1.54) is 0 Å². The Morgan fingerprint density at radius 1 is 1.00 bits per heavy atom. The van der Waals surface area contributed by atoms with Crippen molar-refractivity contribution in [1.29, 1.82) is 0 Å². The molecule has 0 aliphatic carbocycles. The molecule has 1 unspecified atom stereocenters. The summed E-state index contributed by atoms with van der Waals surface area (Å²) in [5, 5.41) is 11.9. The number of alkyl halides is 3. The minimum atomic E-state index is -4.15. The molecule has 0 saturated heterocycles. The Kier molecular flexibility index (Phi) is 4.10. The molecule has 19 heavy (non-hydrogen) atoms. The molecule has 4 heteroatoms. The molecule has 2 aromatic carbocycles. The zero-order chi connectivity index (χ0) is 13.9. The largest absolute Gasteiger partial charge is 0.389 e. The molecule has 0 aliphatic rings. The summed E-state index contributed by atoms with van der Waals surface area (Å²) in [6.45, 7) is 0. The van der Waals surface area contributed by atoms with E-state index in [1.54, 1.807) is 6.07 Å². The van der Waals surface area contributed by atoms with Crippen molar-refractivity contribution in [1.82, 2.24) is 0 Å². The number of hydrogen-bond donors (Lipinski definition) is 1. The third-order valence-electron chi connectivity index (χ3n) is 3.10. The van der Waals surface area contributed by atoms with Crippen LogP contribution in [0.1, 0.15) is 30.9 Å². The average molecular weight is 268 g/mol. The second-order valence-corrected chi connectivity index (χ2v) is 4.63. The lowest BCUT2D eigenvalue weighted by atomic mass is 10.00. The molecule has 0 aliphatic heterocycles. The van der Waals surface area contributed by atoms with E-state index >= 15 is 0 Å². The summed E-state index contributed by atoms with van der Waals surface area (Å²) >= 11 is 0. The molecule has 1 atom stereocenters. The molecule has 0 radical (unpaired) electrons. The lowest BCUT2D eigenvalue weighted by Crippen LogP contribution is -2.08. The van der Waals surface area contributed by atoms with Gasteiger partial charge in [-0.25, -0.2) is 0 Å². The Bertz CT molecular complexity index is 548. The fraction of sp³-hybridized carbons (Fsp3) is 0.333. The van der Waals surface area contributed by atoms with Gasteiger partial charge >= 0.3 is 6.18 Å². The van der Waals surface area contributed by atoms with Crippen LogP contribution in [0.25, 0.3) is 10.8 Å². The maximum Gasteiger partial charge on any atom is 0.389 e. The Morgan fingerprint density at radius 2 is 1.68 bits per heavy atom. The van der Waals surface area contributed by atoms with Gasteiger partial charge in [-0.2, -0.15) is 13.2 Å². The topological polar surface area (TPSA) is 20.2 Å². The van der Waals surface area contributed by atoms with Gasteiger partial charge in [0.05, 0.1) is 6.10 Å². The number of aliphatic hydroxyl groups excluding tert-OH is 1. The predicted octanol–water partition coefficient (Wildman–Crippen LogP) is 4.61. The molecular weight excluding hydrogens is 253 g/mol. The monoisotopic (exact) mass is 268 g/mol. The van der Waals surface area contributed by atoms with E-state index in [0.29, 0.717) is 5.56 Å². The molecule has 0 spiro atoms. The van der Waals surface area contributed by atoms with Crippen molar-refractivity contribution in [2.24, 2.45) is 0 Å². The van der Waals surface area contributed by atoms with E-state index in [1.807, 2.05) is 36.4 Å². The lowest BCUT2D eigenvalue weighted by molar-refractivity contribution is -0.136. The van der Waals surface area contributed by atoms with Gasteiger partial charge in [0, 0.05) is 6.42 Å². The van der Waals surface area contributed by atoms with Gasteiger partial charge in [-0.15, -0.1) is 0 Å². The first kappa shape index (κ1) is 13.9. The van der Waals surface area contributed by atoms with E-state index in [0.717, 1.165) is 10.8 Å². The van der Waals surface area contributed by atoms with Crippen LogP contribution in [0, 0.1) is 0 Å². The van der Waals surface area contributed by atoms with Crippen LogP contribution >= 0.6 is 0 Å². The quantitative estimate of drug-likeness (QED) is 0.858. The molecule has 0 fully saturated rings.